The number of carbonyl (C=O) groups is 1. The molecule has 1 fully saturated rings. The lowest BCUT2D eigenvalue weighted by Gasteiger charge is -2.21. The molecular weight excluding hydrogens is 354 g/mol. The lowest BCUT2D eigenvalue weighted by molar-refractivity contribution is 0.184. The predicted molar refractivity (Wildman–Crippen MR) is 93.9 cm³/mol. The number of sulfonamides is 1. The SMILES string of the molecule is Cc1cccc(Cl)c1NC(=O)N[C@H]1COC[C@H]1CS(=O)(=O)N(C)C. The van der Waals surface area contributed by atoms with E-state index < -0.39 is 16.1 Å². The maximum Gasteiger partial charge on any atom is 0.319 e. The standard InChI is InChI=1S/C15H22ClN3O4S/c1-10-5-4-6-12(16)14(10)18-15(20)17-13-8-23-7-11(13)9-24(21,22)19(2)3/h4-6,11,13H,7-9H2,1-3H3,(H2,17,18,20)/t11-,13-/m0/s1. The Morgan fingerprint density at radius 2 is 2.08 bits per heavy atom. The van der Waals surface area contributed by atoms with Crippen LogP contribution >= 0.6 is 11.6 Å². The van der Waals surface area contributed by atoms with E-state index in [-0.39, 0.29) is 24.3 Å². The van der Waals surface area contributed by atoms with Crippen molar-refractivity contribution in [3.63, 3.8) is 0 Å². The van der Waals surface area contributed by atoms with Crippen molar-refractivity contribution in [2.24, 2.45) is 5.92 Å². The highest BCUT2D eigenvalue weighted by Gasteiger charge is 2.34. The van der Waals surface area contributed by atoms with Crippen molar-refractivity contribution in [3.8, 4) is 0 Å². The van der Waals surface area contributed by atoms with Crippen molar-refractivity contribution in [2.45, 2.75) is 13.0 Å². The number of aryl methyl sites for hydroxylation is 1. The fourth-order valence-corrected chi connectivity index (χ4v) is 3.89. The second-order valence-corrected chi connectivity index (χ2v) is 8.63. The van der Waals surface area contributed by atoms with Gasteiger partial charge in [-0.3, -0.25) is 0 Å². The van der Waals surface area contributed by atoms with E-state index in [1.807, 2.05) is 13.0 Å². The molecule has 2 rings (SSSR count). The van der Waals surface area contributed by atoms with Crippen molar-refractivity contribution >= 4 is 33.3 Å². The maximum absolute atomic E-state index is 12.2. The van der Waals surface area contributed by atoms with Crippen molar-refractivity contribution < 1.29 is 17.9 Å². The maximum atomic E-state index is 12.2. The number of nitrogens with one attached hydrogen (secondary N) is 2. The molecule has 0 radical (unpaired) electrons. The third-order valence-corrected chi connectivity index (χ3v) is 6.23. The fourth-order valence-electron chi connectivity index (χ4n) is 2.45. The molecule has 1 saturated heterocycles. The van der Waals surface area contributed by atoms with Crippen molar-refractivity contribution in [2.75, 3.05) is 38.4 Å². The molecule has 1 aliphatic heterocycles. The topological polar surface area (TPSA) is 87.7 Å². The van der Waals surface area contributed by atoms with E-state index in [1.54, 1.807) is 12.1 Å². The van der Waals surface area contributed by atoms with Crippen LogP contribution in [0.3, 0.4) is 0 Å². The van der Waals surface area contributed by atoms with Gasteiger partial charge in [0.05, 0.1) is 35.7 Å². The number of hydrogen-bond acceptors (Lipinski definition) is 4. The van der Waals surface area contributed by atoms with Gasteiger partial charge in [-0.25, -0.2) is 17.5 Å². The first-order valence-electron chi connectivity index (χ1n) is 7.51. The summed E-state index contributed by atoms with van der Waals surface area (Å²) in [5.74, 6) is -0.369. The van der Waals surface area contributed by atoms with E-state index in [4.69, 9.17) is 16.3 Å². The van der Waals surface area contributed by atoms with Gasteiger partial charge < -0.3 is 15.4 Å². The molecule has 1 aromatic rings. The van der Waals surface area contributed by atoms with E-state index in [9.17, 15) is 13.2 Å². The molecule has 0 spiro atoms. The Bertz CT molecular complexity index is 688. The molecule has 2 N–H and O–H groups in total. The van der Waals surface area contributed by atoms with Crippen LogP contribution in [0.25, 0.3) is 0 Å². The number of nitrogens with zero attached hydrogens (tertiary/aromatic N) is 1. The summed E-state index contributed by atoms with van der Waals surface area (Å²) in [5.41, 5.74) is 1.38. The number of amides is 2. The van der Waals surface area contributed by atoms with Crippen LogP contribution in [0.4, 0.5) is 10.5 Å². The van der Waals surface area contributed by atoms with Gasteiger partial charge in [-0.15, -0.1) is 0 Å². The normalized spacial score (nSPS) is 21.0. The molecule has 1 aromatic carbocycles. The summed E-state index contributed by atoms with van der Waals surface area (Å²) < 4.78 is 30.6. The summed E-state index contributed by atoms with van der Waals surface area (Å²) >= 11 is 6.09. The first kappa shape index (κ1) is 19.0. The minimum Gasteiger partial charge on any atom is -0.379 e. The zero-order chi connectivity index (χ0) is 17.9. The highest BCUT2D eigenvalue weighted by molar-refractivity contribution is 7.89. The largest absolute Gasteiger partial charge is 0.379 e. The van der Waals surface area contributed by atoms with E-state index in [2.05, 4.69) is 10.6 Å². The third-order valence-electron chi connectivity index (χ3n) is 3.96. The first-order chi connectivity index (χ1) is 11.2. The van der Waals surface area contributed by atoms with Crippen LogP contribution in [0.15, 0.2) is 18.2 Å². The predicted octanol–water partition coefficient (Wildman–Crippen LogP) is 1.68. The monoisotopic (exact) mass is 375 g/mol. The summed E-state index contributed by atoms with van der Waals surface area (Å²) in [6, 6.07) is 4.52. The van der Waals surface area contributed by atoms with Crippen molar-refractivity contribution in [1.29, 1.82) is 0 Å². The third kappa shape index (κ3) is 4.60. The van der Waals surface area contributed by atoms with Crippen molar-refractivity contribution in [3.05, 3.63) is 28.8 Å². The van der Waals surface area contributed by atoms with Crippen LogP contribution in [0.5, 0.6) is 0 Å². The van der Waals surface area contributed by atoms with Gasteiger partial charge in [-0.05, 0) is 18.6 Å². The van der Waals surface area contributed by atoms with Crippen LogP contribution in [0, 0.1) is 12.8 Å². The molecule has 0 unspecified atom stereocenters. The van der Waals surface area contributed by atoms with E-state index >= 15 is 0 Å². The first-order valence-corrected chi connectivity index (χ1v) is 9.50. The molecule has 24 heavy (non-hydrogen) atoms. The summed E-state index contributed by atoms with van der Waals surface area (Å²) in [5, 5.41) is 5.93. The van der Waals surface area contributed by atoms with Gasteiger partial charge in [0.2, 0.25) is 10.0 Å². The van der Waals surface area contributed by atoms with Gasteiger partial charge in [0.25, 0.3) is 0 Å². The second kappa shape index (κ2) is 7.69. The van der Waals surface area contributed by atoms with Gasteiger partial charge in [0.1, 0.15) is 0 Å². The average Bonchev–Trinajstić information content (AvgIpc) is 2.89. The zero-order valence-electron chi connectivity index (χ0n) is 13.9. The fraction of sp³-hybridized carbons (Fsp3) is 0.533. The molecule has 0 aromatic heterocycles. The summed E-state index contributed by atoms with van der Waals surface area (Å²) in [4.78, 5) is 12.2. The Hall–Kier alpha value is -1.35. The molecule has 2 atom stereocenters. The van der Waals surface area contributed by atoms with Gasteiger partial charge in [0, 0.05) is 20.0 Å². The Kier molecular flexibility index (Phi) is 6.08. The van der Waals surface area contributed by atoms with Crippen LogP contribution in [0.1, 0.15) is 5.56 Å². The Labute approximate surface area is 147 Å². The van der Waals surface area contributed by atoms with Crippen LogP contribution in [-0.4, -0.2) is 57.9 Å². The number of halogens is 1. The highest BCUT2D eigenvalue weighted by Crippen LogP contribution is 2.25. The number of anilines is 1. The lowest BCUT2D eigenvalue weighted by atomic mass is 10.1. The number of hydrogen-bond donors (Lipinski definition) is 2. The summed E-state index contributed by atoms with van der Waals surface area (Å²) in [6.45, 7) is 2.41. The zero-order valence-corrected chi connectivity index (χ0v) is 15.4. The molecule has 134 valence electrons. The summed E-state index contributed by atoms with van der Waals surface area (Å²) in [6.07, 6.45) is 0. The Morgan fingerprint density at radius 3 is 2.71 bits per heavy atom. The molecule has 1 aliphatic rings. The molecular formula is C15H22ClN3O4S. The smallest absolute Gasteiger partial charge is 0.319 e. The lowest BCUT2D eigenvalue weighted by Crippen LogP contribution is -2.45. The van der Waals surface area contributed by atoms with Crippen LogP contribution in [-0.2, 0) is 14.8 Å². The number of urea groups is 1. The van der Waals surface area contributed by atoms with Gasteiger partial charge in [0.15, 0.2) is 0 Å². The Balaban J connectivity index is 2.00. The number of ether oxygens (including phenoxy) is 1. The minimum absolute atomic E-state index is 0.0733. The van der Waals surface area contributed by atoms with E-state index in [0.29, 0.717) is 17.3 Å². The number of para-hydroxylation sites is 1. The highest BCUT2D eigenvalue weighted by atomic mass is 35.5. The quantitative estimate of drug-likeness (QED) is 0.819. The van der Waals surface area contributed by atoms with Gasteiger partial charge >= 0.3 is 6.03 Å². The molecule has 2 amide bonds. The molecule has 0 saturated carbocycles. The van der Waals surface area contributed by atoms with Gasteiger partial charge in [-0.2, -0.15) is 0 Å². The minimum atomic E-state index is -3.36. The number of rotatable bonds is 5. The van der Waals surface area contributed by atoms with Gasteiger partial charge in [-0.1, -0.05) is 23.7 Å². The van der Waals surface area contributed by atoms with E-state index in [1.165, 1.54) is 18.4 Å². The second-order valence-electron chi connectivity index (χ2n) is 6.00. The molecule has 7 nitrogen and oxygen atoms in total. The Morgan fingerprint density at radius 1 is 1.38 bits per heavy atom. The average molecular weight is 376 g/mol. The number of carbonyl (C=O) groups excluding carboxylic acids is 1. The molecule has 9 heteroatoms. The van der Waals surface area contributed by atoms with Crippen LogP contribution < -0.4 is 10.6 Å². The molecule has 1 heterocycles. The van der Waals surface area contributed by atoms with Crippen LogP contribution in [0.2, 0.25) is 5.02 Å². The van der Waals surface area contributed by atoms with Crippen molar-refractivity contribution in [1.82, 2.24) is 9.62 Å². The van der Waals surface area contributed by atoms with E-state index in [0.717, 1.165) is 5.56 Å². The molecule has 0 bridgehead atoms. The number of benzene rings is 1. The summed E-state index contributed by atoms with van der Waals surface area (Å²) in [7, 11) is -0.389. The molecule has 0 aliphatic carbocycles.